The topological polar surface area (TPSA) is 47.5 Å². The zero-order valence-electron chi connectivity index (χ0n) is 15.6. The Hall–Kier alpha value is -2.34. The maximum atomic E-state index is 5.47. The first-order chi connectivity index (χ1) is 12.5. The highest BCUT2D eigenvalue weighted by molar-refractivity contribution is 9.10. The second-order valence-electron chi connectivity index (χ2n) is 6.32. The molecule has 0 atom stereocenters. The monoisotopic (exact) mass is 415 g/mol. The van der Waals surface area contributed by atoms with Gasteiger partial charge in [-0.05, 0) is 44.5 Å². The Kier molecular flexibility index (Phi) is 5.32. The van der Waals surface area contributed by atoms with Crippen LogP contribution in [0.15, 0.2) is 41.1 Å². The number of rotatable bonds is 5. The lowest BCUT2D eigenvalue weighted by Crippen LogP contribution is -2.26. The summed E-state index contributed by atoms with van der Waals surface area (Å²) in [6.45, 7) is 6.36. The van der Waals surface area contributed by atoms with Crippen molar-refractivity contribution in [2.45, 2.75) is 26.8 Å². The maximum Gasteiger partial charge on any atom is 0.162 e. The molecule has 0 aliphatic heterocycles. The van der Waals surface area contributed by atoms with Gasteiger partial charge in [0.25, 0.3) is 0 Å². The number of nitrogens with zero attached hydrogens (tertiary/aromatic N) is 3. The third-order valence-electron chi connectivity index (χ3n) is 4.30. The molecule has 5 nitrogen and oxygen atoms in total. The van der Waals surface area contributed by atoms with Crippen molar-refractivity contribution in [2.75, 3.05) is 19.1 Å². The molecule has 0 unspecified atom stereocenters. The molecule has 0 saturated carbocycles. The minimum atomic E-state index is 0.204. The fraction of sp³-hybridized carbons (Fsp3) is 0.300. The minimum absolute atomic E-state index is 0.204. The van der Waals surface area contributed by atoms with Gasteiger partial charge >= 0.3 is 0 Å². The van der Waals surface area contributed by atoms with Crippen molar-refractivity contribution in [1.29, 1.82) is 0 Å². The molecule has 0 amide bonds. The van der Waals surface area contributed by atoms with Crippen LogP contribution in [0.4, 0.5) is 11.5 Å². The molecule has 3 aromatic rings. The third-order valence-corrected chi connectivity index (χ3v) is 5.15. The summed E-state index contributed by atoms with van der Waals surface area (Å²) in [6.07, 6.45) is 1.59. The predicted molar refractivity (Wildman–Crippen MR) is 109 cm³/mol. The zero-order valence-corrected chi connectivity index (χ0v) is 17.2. The van der Waals surface area contributed by atoms with Gasteiger partial charge in [0, 0.05) is 27.7 Å². The van der Waals surface area contributed by atoms with E-state index in [-0.39, 0.29) is 6.04 Å². The lowest BCUT2D eigenvalue weighted by atomic mass is 10.1. The van der Waals surface area contributed by atoms with E-state index in [9.17, 15) is 0 Å². The van der Waals surface area contributed by atoms with E-state index >= 15 is 0 Å². The molecule has 0 aliphatic rings. The Morgan fingerprint density at radius 1 is 1.00 bits per heavy atom. The molecule has 0 bridgehead atoms. The van der Waals surface area contributed by atoms with Crippen LogP contribution in [0.2, 0.25) is 0 Å². The van der Waals surface area contributed by atoms with Crippen LogP contribution in [0.25, 0.3) is 10.9 Å². The highest BCUT2D eigenvalue weighted by Crippen LogP contribution is 2.38. The molecule has 136 valence electrons. The van der Waals surface area contributed by atoms with E-state index in [1.165, 1.54) is 5.56 Å². The summed E-state index contributed by atoms with van der Waals surface area (Å²) < 4.78 is 11.9. The van der Waals surface area contributed by atoms with Gasteiger partial charge in [0.15, 0.2) is 11.5 Å². The van der Waals surface area contributed by atoms with Crippen LogP contribution >= 0.6 is 15.9 Å². The van der Waals surface area contributed by atoms with Crippen LogP contribution in [0, 0.1) is 6.92 Å². The highest BCUT2D eigenvalue weighted by atomic mass is 79.9. The maximum absolute atomic E-state index is 5.47. The summed E-state index contributed by atoms with van der Waals surface area (Å²) in [5.74, 6) is 2.14. The van der Waals surface area contributed by atoms with Crippen molar-refractivity contribution in [3.63, 3.8) is 0 Å². The summed E-state index contributed by atoms with van der Waals surface area (Å²) in [6, 6.07) is 10.3. The summed E-state index contributed by atoms with van der Waals surface area (Å²) in [5.41, 5.74) is 3.06. The molecule has 1 heterocycles. The van der Waals surface area contributed by atoms with E-state index in [1.807, 2.05) is 12.1 Å². The molecule has 0 saturated heterocycles. The van der Waals surface area contributed by atoms with Gasteiger partial charge in [0.05, 0.1) is 19.7 Å². The molecule has 6 heteroatoms. The average Bonchev–Trinajstić information content (AvgIpc) is 2.63. The van der Waals surface area contributed by atoms with Crippen molar-refractivity contribution in [1.82, 2.24) is 9.97 Å². The van der Waals surface area contributed by atoms with Gasteiger partial charge in [-0.1, -0.05) is 22.0 Å². The van der Waals surface area contributed by atoms with Crippen molar-refractivity contribution in [3.05, 3.63) is 46.7 Å². The molecule has 0 aliphatic carbocycles. The molecule has 0 spiro atoms. The Balaban J connectivity index is 2.24. The first-order valence-electron chi connectivity index (χ1n) is 8.38. The Morgan fingerprint density at radius 2 is 1.69 bits per heavy atom. The summed E-state index contributed by atoms with van der Waals surface area (Å²) >= 11 is 3.63. The molecule has 2 aromatic carbocycles. The number of anilines is 2. The van der Waals surface area contributed by atoms with E-state index < -0.39 is 0 Å². The standard InChI is InChI=1S/C20H22BrN3O2/c1-12(2)24(14-7-6-13(3)16(21)8-14)20-15-9-18(25-4)19(26-5)10-17(15)22-11-23-20/h6-12H,1-5H3. The smallest absolute Gasteiger partial charge is 0.162 e. The van der Waals surface area contributed by atoms with Crippen LogP contribution in [0.5, 0.6) is 11.5 Å². The SMILES string of the molecule is COc1cc2ncnc(N(c3ccc(C)c(Br)c3)C(C)C)c2cc1OC. The zero-order chi connectivity index (χ0) is 18.8. The summed E-state index contributed by atoms with van der Waals surface area (Å²) in [4.78, 5) is 11.2. The van der Waals surface area contributed by atoms with E-state index in [0.717, 1.165) is 26.9 Å². The van der Waals surface area contributed by atoms with Crippen LogP contribution in [0.1, 0.15) is 19.4 Å². The Morgan fingerprint density at radius 3 is 2.31 bits per heavy atom. The quantitative estimate of drug-likeness (QED) is 0.568. The fourth-order valence-corrected chi connectivity index (χ4v) is 3.32. The van der Waals surface area contributed by atoms with Crippen LogP contribution in [0.3, 0.4) is 0 Å². The van der Waals surface area contributed by atoms with Gasteiger partial charge in [-0.25, -0.2) is 9.97 Å². The van der Waals surface area contributed by atoms with E-state index in [2.05, 4.69) is 69.8 Å². The number of halogens is 1. The van der Waals surface area contributed by atoms with Gasteiger partial charge in [-0.15, -0.1) is 0 Å². The molecule has 26 heavy (non-hydrogen) atoms. The van der Waals surface area contributed by atoms with Gasteiger partial charge in [-0.2, -0.15) is 0 Å². The Bertz CT molecular complexity index is 944. The minimum Gasteiger partial charge on any atom is -0.493 e. The van der Waals surface area contributed by atoms with E-state index in [0.29, 0.717) is 11.5 Å². The van der Waals surface area contributed by atoms with Gasteiger partial charge in [-0.3, -0.25) is 0 Å². The molecule has 0 radical (unpaired) electrons. The molecular weight excluding hydrogens is 394 g/mol. The highest BCUT2D eigenvalue weighted by Gasteiger charge is 2.20. The number of benzene rings is 2. The number of ether oxygens (including phenoxy) is 2. The summed E-state index contributed by atoms with van der Waals surface area (Å²) in [7, 11) is 3.25. The van der Waals surface area contributed by atoms with E-state index in [1.54, 1.807) is 20.5 Å². The molecule has 0 N–H and O–H groups in total. The number of hydrogen-bond donors (Lipinski definition) is 0. The van der Waals surface area contributed by atoms with Crippen LogP contribution < -0.4 is 14.4 Å². The lowest BCUT2D eigenvalue weighted by Gasteiger charge is -2.29. The van der Waals surface area contributed by atoms with Gasteiger partial charge < -0.3 is 14.4 Å². The molecular formula is C20H22BrN3O2. The number of hydrogen-bond acceptors (Lipinski definition) is 5. The second kappa shape index (κ2) is 7.50. The molecule has 3 rings (SSSR count). The van der Waals surface area contributed by atoms with Gasteiger partial charge in [0.2, 0.25) is 0 Å². The van der Waals surface area contributed by atoms with Crippen molar-refractivity contribution < 1.29 is 9.47 Å². The van der Waals surface area contributed by atoms with Gasteiger partial charge in [0.1, 0.15) is 12.1 Å². The first kappa shape index (κ1) is 18.5. The number of fused-ring (bicyclic) bond motifs is 1. The van der Waals surface area contributed by atoms with Crippen molar-refractivity contribution in [3.8, 4) is 11.5 Å². The molecule has 1 aromatic heterocycles. The van der Waals surface area contributed by atoms with E-state index in [4.69, 9.17) is 9.47 Å². The Labute approximate surface area is 162 Å². The predicted octanol–water partition coefficient (Wildman–Crippen LogP) is 5.26. The molecule has 0 fully saturated rings. The fourth-order valence-electron chi connectivity index (χ4n) is 2.96. The number of methoxy groups -OCH3 is 2. The average molecular weight is 416 g/mol. The third kappa shape index (κ3) is 3.33. The largest absolute Gasteiger partial charge is 0.493 e. The van der Waals surface area contributed by atoms with Crippen molar-refractivity contribution in [2.24, 2.45) is 0 Å². The second-order valence-corrected chi connectivity index (χ2v) is 7.17. The number of aryl methyl sites for hydroxylation is 1. The lowest BCUT2D eigenvalue weighted by molar-refractivity contribution is 0.356. The van der Waals surface area contributed by atoms with Crippen LogP contribution in [-0.2, 0) is 0 Å². The normalized spacial score (nSPS) is 11.0. The summed E-state index contributed by atoms with van der Waals surface area (Å²) in [5, 5.41) is 0.913. The first-order valence-corrected chi connectivity index (χ1v) is 9.17. The van der Waals surface area contributed by atoms with Crippen LogP contribution in [-0.4, -0.2) is 30.2 Å². The number of aromatic nitrogens is 2. The van der Waals surface area contributed by atoms with Crippen molar-refractivity contribution >= 4 is 38.3 Å².